The Bertz CT molecular complexity index is 1420. The van der Waals surface area contributed by atoms with Gasteiger partial charge in [0, 0.05) is 61.6 Å². The number of carbonyl (C=O) groups is 1. The fourth-order valence-corrected chi connectivity index (χ4v) is 5.88. The molecule has 0 saturated carbocycles. The summed E-state index contributed by atoms with van der Waals surface area (Å²) in [6.45, 7) is 5.77. The molecular weight excluding hydrogens is 486 g/mol. The number of carbonyl (C=O) groups excluding carboxylic acids is 1. The smallest absolute Gasteiger partial charge is 0.175 e. The van der Waals surface area contributed by atoms with Crippen LogP contribution in [0.25, 0.3) is 11.3 Å². The quantitative estimate of drug-likeness (QED) is 0.434. The highest BCUT2D eigenvalue weighted by Gasteiger charge is 2.24. The molecule has 0 N–H and O–H groups in total. The van der Waals surface area contributed by atoms with Gasteiger partial charge in [0.25, 0.3) is 0 Å². The summed E-state index contributed by atoms with van der Waals surface area (Å²) in [6.07, 6.45) is 12.4. The van der Waals surface area contributed by atoms with Gasteiger partial charge in [-0.1, -0.05) is 12.1 Å². The number of pyridine rings is 1. The number of ether oxygens (including phenoxy) is 1. The molecule has 3 aromatic rings. The van der Waals surface area contributed by atoms with Crippen molar-refractivity contribution in [3.63, 3.8) is 0 Å². The highest BCUT2D eigenvalue weighted by atomic mass is 32.2. The zero-order chi connectivity index (χ0) is 26.0. The van der Waals surface area contributed by atoms with Crippen LogP contribution < -0.4 is 0 Å². The fourth-order valence-electron chi connectivity index (χ4n) is 5.25. The van der Waals surface area contributed by atoms with Crippen LogP contribution in [0, 0.1) is 6.92 Å². The molecule has 1 aliphatic carbocycles. The Morgan fingerprint density at radius 3 is 2.54 bits per heavy atom. The predicted octanol–water partition coefficient (Wildman–Crippen LogP) is 4.28. The van der Waals surface area contributed by atoms with Crippen molar-refractivity contribution < 1.29 is 17.9 Å². The first kappa shape index (κ1) is 25.6. The maximum Gasteiger partial charge on any atom is 0.175 e. The Morgan fingerprint density at radius 1 is 1.14 bits per heavy atom. The van der Waals surface area contributed by atoms with Gasteiger partial charge in [-0.05, 0) is 73.2 Å². The minimum absolute atomic E-state index is 0.0192. The zero-order valence-corrected chi connectivity index (χ0v) is 22.2. The van der Waals surface area contributed by atoms with Crippen molar-refractivity contribution in [1.29, 1.82) is 0 Å². The van der Waals surface area contributed by atoms with Crippen molar-refractivity contribution in [3.05, 3.63) is 83.4 Å². The van der Waals surface area contributed by atoms with Gasteiger partial charge in [0.1, 0.15) is 0 Å². The van der Waals surface area contributed by atoms with Gasteiger partial charge in [0.15, 0.2) is 15.6 Å². The average molecular weight is 520 g/mol. The maximum atomic E-state index is 13.0. The van der Waals surface area contributed by atoms with E-state index in [9.17, 15) is 13.2 Å². The van der Waals surface area contributed by atoms with Crippen LogP contribution in [0.2, 0.25) is 0 Å². The summed E-state index contributed by atoms with van der Waals surface area (Å²) in [7, 11) is -3.24. The first-order valence-electron chi connectivity index (χ1n) is 12.8. The monoisotopic (exact) mass is 519 g/mol. The lowest BCUT2D eigenvalue weighted by Crippen LogP contribution is -2.43. The third-order valence-corrected chi connectivity index (χ3v) is 8.46. The molecule has 1 fully saturated rings. The number of benzene rings is 1. The highest BCUT2D eigenvalue weighted by molar-refractivity contribution is 7.90. The number of hydrogen-bond donors (Lipinski definition) is 0. The Hall–Kier alpha value is -3.07. The predicted molar refractivity (Wildman–Crippen MR) is 144 cm³/mol. The van der Waals surface area contributed by atoms with Crippen LogP contribution in [0.5, 0.6) is 0 Å². The summed E-state index contributed by atoms with van der Waals surface area (Å²) in [5, 5.41) is 0. The van der Waals surface area contributed by atoms with Crippen molar-refractivity contribution in [3.8, 4) is 5.69 Å². The van der Waals surface area contributed by atoms with Crippen molar-refractivity contribution >= 4 is 21.2 Å². The molecule has 1 unspecified atom stereocenters. The summed E-state index contributed by atoms with van der Waals surface area (Å²) in [4.78, 5) is 20.6. The SMILES string of the molecule is Cc1cc(CC(=O)c2ccn(-c3ccc(S(C)(=O)=O)cc3)c2)cnc1C1=CCC(N2CCOCC2)CC1. The Morgan fingerprint density at radius 2 is 1.89 bits per heavy atom. The van der Waals surface area contributed by atoms with E-state index in [1.807, 2.05) is 17.0 Å². The lowest BCUT2D eigenvalue weighted by molar-refractivity contribution is 0.0150. The normalized spacial score (nSPS) is 19.0. The number of ketones is 1. The summed E-state index contributed by atoms with van der Waals surface area (Å²) in [5.74, 6) is 0.0192. The first-order valence-corrected chi connectivity index (χ1v) is 14.7. The van der Waals surface area contributed by atoms with Crippen LogP contribution in [-0.2, 0) is 21.0 Å². The Labute approximate surface area is 218 Å². The molecule has 0 bridgehead atoms. The number of morpholine rings is 1. The minimum atomic E-state index is -3.24. The molecule has 2 aliphatic rings. The van der Waals surface area contributed by atoms with Crippen LogP contribution in [-0.4, -0.2) is 67.3 Å². The van der Waals surface area contributed by atoms with Gasteiger partial charge in [-0.2, -0.15) is 0 Å². The van der Waals surface area contributed by atoms with E-state index in [0.717, 1.165) is 68.1 Å². The van der Waals surface area contributed by atoms with E-state index in [0.29, 0.717) is 11.6 Å². The highest BCUT2D eigenvalue weighted by Crippen LogP contribution is 2.30. The van der Waals surface area contributed by atoms with Crippen LogP contribution >= 0.6 is 0 Å². The standard InChI is InChI=1S/C29H33N3O4S/c1-21-17-22(19-30-29(21)23-3-5-25(6-4-23)31-13-15-36-16-14-31)18-28(33)24-11-12-32(20-24)26-7-9-27(10-8-26)37(2,34)35/h3,7-12,17,19-20,25H,4-6,13-16,18H2,1-2H3. The topological polar surface area (TPSA) is 81.5 Å². The molecule has 3 heterocycles. The molecule has 1 aliphatic heterocycles. The Kier molecular flexibility index (Phi) is 7.42. The second-order valence-corrected chi connectivity index (χ2v) is 12.0. The van der Waals surface area contributed by atoms with Gasteiger partial charge in [0.05, 0.1) is 23.8 Å². The van der Waals surface area contributed by atoms with Gasteiger partial charge < -0.3 is 9.30 Å². The largest absolute Gasteiger partial charge is 0.379 e. The van der Waals surface area contributed by atoms with Crippen molar-refractivity contribution in [1.82, 2.24) is 14.5 Å². The van der Waals surface area contributed by atoms with Crippen LogP contribution in [0.15, 0.2) is 66.0 Å². The molecule has 2 aromatic heterocycles. The van der Waals surface area contributed by atoms with E-state index < -0.39 is 9.84 Å². The molecule has 5 rings (SSSR count). The first-order chi connectivity index (χ1) is 17.8. The van der Waals surface area contributed by atoms with Gasteiger partial charge in [-0.15, -0.1) is 0 Å². The summed E-state index contributed by atoms with van der Waals surface area (Å²) in [5.41, 5.74) is 5.76. The molecule has 0 radical (unpaired) electrons. The lowest BCUT2D eigenvalue weighted by atomic mass is 9.90. The number of rotatable bonds is 7. The molecule has 1 atom stereocenters. The van der Waals surface area contributed by atoms with Crippen molar-refractivity contribution in [2.45, 2.75) is 43.5 Å². The molecule has 0 amide bonds. The van der Waals surface area contributed by atoms with Gasteiger partial charge in [0.2, 0.25) is 0 Å². The maximum absolute atomic E-state index is 13.0. The van der Waals surface area contributed by atoms with E-state index in [2.05, 4.69) is 24.0 Å². The number of sulfone groups is 1. The van der Waals surface area contributed by atoms with Gasteiger partial charge >= 0.3 is 0 Å². The van der Waals surface area contributed by atoms with E-state index in [4.69, 9.17) is 9.72 Å². The molecule has 1 aromatic carbocycles. The molecule has 1 saturated heterocycles. The molecule has 37 heavy (non-hydrogen) atoms. The van der Waals surface area contributed by atoms with E-state index in [1.165, 1.54) is 11.8 Å². The summed E-state index contributed by atoms with van der Waals surface area (Å²) in [6, 6.07) is 11.1. The number of allylic oxidation sites excluding steroid dienone is 1. The van der Waals surface area contributed by atoms with E-state index >= 15 is 0 Å². The van der Waals surface area contributed by atoms with Gasteiger partial charge in [-0.25, -0.2) is 8.42 Å². The summed E-state index contributed by atoms with van der Waals surface area (Å²) < 4.78 is 30.7. The number of aromatic nitrogens is 2. The van der Waals surface area contributed by atoms with Crippen molar-refractivity contribution in [2.24, 2.45) is 0 Å². The Balaban J connectivity index is 1.23. The molecular formula is C29H33N3O4S. The van der Waals surface area contributed by atoms with Crippen LogP contribution in [0.3, 0.4) is 0 Å². The van der Waals surface area contributed by atoms with Crippen molar-refractivity contribution in [2.75, 3.05) is 32.6 Å². The summed E-state index contributed by atoms with van der Waals surface area (Å²) >= 11 is 0. The number of nitrogens with zero attached hydrogens (tertiary/aromatic N) is 3. The number of hydrogen-bond acceptors (Lipinski definition) is 6. The van der Waals surface area contributed by atoms with Gasteiger partial charge in [-0.3, -0.25) is 14.7 Å². The number of Topliss-reactive ketones (excluding diaryl/α,β-unsaturated/α-hetero) is 1. The molecule has 8 heteroatoms. The second kappa shape index (κ2) is 10.7. The third-order valence-electron chi connectivity index (χ3n) is 7.33. The third kappa shape index (κ3) is 5.92. The molecule has 194 valence electrons. The van der Waals surface area contributed by atoms with E-state index in [-0.39, 0.29) is 17.1 Å². The van der Waals surface area contributed by atoms with Crippen LogP contribution in [0.1, 0.15) is 46.4 Å². The zero-order valence-electron chi connectivity index (χ0n) is 21.4. The van der Waals surface area contributed by atoms with E-state index in [1.54, 1.807) is 36.5 Å². The molecule has 0 spiro atoms. The fraction of sp³-hybridized carbons (Fsp3) is 0.379. The number of aryl methyl sites for hydroxylation is 1. The molecule has 7 nitrogen and oxygen atoms in total. The second-order valence-electron chi connectivity index (χ2n) is 9.99. The lowest BCUT2D eigenvalue weighted by Gasteiger charge is -2.36. The minimum Gasteiger partial charge on any atom is -0.379 e. The van der Waals surface area contributed by atoms with Crippen LogP contribution in [0.4, 0.5) is 0 Å². The average Bonchev–Trinajstić information content (AvgIpc) is 3.40.